The second-order valence-electron chi connectivity index (χ2n) is 8.61. The first kappa shape index (κ1) is 27.8. The van der Waals surface area contributed by atoms with Crippen molar-refractivity contribution in [1.29, 1.82) is 0 Å². The molecule has 7 nitrogen and oxygen atoms in total. The Morgan fingerprint density at radius 3 is 2.39 bits per heavy atom. The summed E-state index contributed by atoms with van der Waals surface area (Å²) in [4.78, 5) is 37.6. The Hall–Kier alpha value is -2.75. The lowest BCUT2D eigenvalue weighted by Crippen LogP contribution is -2.60. The van der Waals surface area contributed by atoms with E-state index in [1.54, 1.807) is 38.1 Å². The molecule has 2 aromatic carbocycles. The number of esters is 1. The summed E-state index contributed by atoms with van der Waals surface area (Å²) in [6.45, 7) is 4.23. The van der Waals surface area contributed by atoms with E-state index in [1.165, 1.54) is 29.2 Å². The molecule has 1 aliphatic rings. The number of β-lactam (4-membered cyclic amide) rings is 1. The lowest BCUT2D eigenvalue weighted by Gasteiger charge is -2.43. The molecule has 194 valence electrons. The summed E-state index contributed by atoms with van der Waals surface area (Å²) in [7, 11) is 0. The summed E-state index contributed by atoms with van der Waals surface area (Å²) in [5.41, 5.74) is 1.75. The van der Waals surface area contributed by atoms with Gasteiger partial charge >= 0.3 is 5.97 Å². The fourth-order valence-corrected chi connectivity index (χ4v) is 5.53. The molecular weight excluding hydrogens is 485 g/mol. The van der Waals surface area contributed by atoms with Crippen molar-refractivity contribution in [2.45, 2.75) is 63.3 Å². The maximum Gasteiger partial charge on any atom is 0.338 e. The van der Waals surface area contributed by atoms with Gasteiger partial charge in [-0.3, -0.25) is 14.5 Å². The predicted octanol–water partition coefficient (Wildman–Crippen LogP) is 4.62. The summed E-state index contributed by atoms with van der Waals surface area (Å²) in [6.07, 6.45) is 2.31. The van der Waals surface area contributed by atoms with Crippen molar-refractivity contribution in [2.75, 3.05) is 13.2 Å². The predicted molar refractivity (Wildman–Crippen MR) is 134 cm³/mol. The van der Waals surface area contributed by atoms with Gasteiger partial charge in [0, 0.05) is 24.2 Å². The molecule has 3 unspecified atom stereocenters. The number of nitrogens with zero attached hydrogens (tertiary/aromatic N) is 1. The largest absolute Gasteiger partial charge is 0.614 e. The van der Waals surface area contributed by atoms with Crippen LogP contribution in [0.15, 0.2) is 48.5 Å². The number of hydrogen-bond acceptors (Lipinski definition) is 6. The van der Waals surface area contributed by atoms with E-state index < -0.39 is 28.7 Å². The van der Waals surface area contributed by atoms with E-state index in [4.69, 9.17) is 9.47 Å². The van der Waals surface area contributed by atoms with Crippen LogP contribution >= 0.6 is 0 Å². The Morgan fingerprint density at radius 2 is 1.75 bits per heavy atom. The van der Waals surface area contributed by atoms with Crippen LogP contribution in [0.5, 0.6) is 0 Å². The molecule has 3 rings (SSSR count). The van der Waals surface area contributed by atoms with Gasteiger partial charge in [0.15, 0.2) is 5.78 Å². The SMILES string of the molecule is CCOC(=O)c1ccc(C[S+]([O-])C2CC(=O)N2C(C)OCCCCCC(=O)c2ccc(F)cc2)cc1. The summed E-state index contributed by atoms with van der Waals surface area (Å²) < 4.78 is 36.6. The maximum atomic E-state index is 13.0. The maximum absolute atomic E-state index is 13.0. The van der Waals surface area contributed by atoms with E-state index >= 15 is 0 Å². The fraction of sp³-hybridized carbons (Fsp3) is 0.444. The van der Waals surface area contributed by atoms with Crippen molar-refractivity contribution in [3.63, 3.8) is 0 Å². The number of carbonyl (C=O) groups excluding carboxylic acids is 3. The molecule has 1 fully saturated rings. The van der Waals surface area contributed by atoms with Gasteiger partial charge in [0.05, 0.1) is 18.6 Å². The molecule has 9 heteroatoms. The Balaban J connectivity index is 1.37. The van der Waals surface area contributed by atoms with E-state index in [9.17, 15) is 23.3 Å². The van der Waals surface area contributed by atoms with E-state index in [-0.39, 0.29) is 29.7 Å². The number of carbonyl (C=O) groups is 3. The molecule has 1 aliphatic heterocycles. The highest BCUT2D eigenvalue weighted by Crippen LogP contribution is 2.30. The first-order valence-corrected chi connectivity index (χ1v) is 13.5. The number of amides is 1. The van der Waals surface area contributed by atoms with Crippen LogP contribution in [0, 0.1) is 5.82 Å². The van der Waals surface area contributed by atoms with Crippen molar-refractivity contribution in [3.05, 3.63) is 71.0 Å². The molecule has 2 aromatic rings. The third-order valence-electron chi connectivity index (χ3n) is 5.99. The number of halogens is 1. The van der Waals surface area contributed by atoms with E-state index in [2.05, 4.69) is 0 Å². The highest BCUT2D eigenvalue weighted by atomic mass is 32.2. The van der Waals surface area contributed by atoms with E-state index in [0.717, 1.165) is 18.4 Å². The van der Waals surface area contributed by atoms with Gasteiger partial charge in [0.1, 0.15) is 17.8 Å². The van der Waals surface area contributed by atoms with E-state index in [1.807, 2.05) is 0 Å². The van der Waals surface area contributed by atoms with Gasteiger partial charge in [-0.15, -0.1) is 0 Å². The van der Waals surface area contributed by atoms with Crippen LogP contribution in [0.1, 0.15) is 72.2 Å². The quantitative estimate of drug-likeness (QED) is 0.119. The van der Waals surface area contributed by atoms with Crippen molar-refractivity contribution < 1.29 is 32.8 Å². The Kier molecular flexibility index (Phi) is 10.5. The van der Waals surface area contributed by atoms with Crippen LogP contribution in [-0.4, -0.2) is 51.9 Å². The van der Waals surface area contributed by atoms with Crippen molar-refractivity contribution in [3.8, 4) is 0 Å². The molecule has 0 spiro atoms. The first-order chi connectivity index (χ1) is 17.3. The van der Waals surface area contributed by atoms with Crippen LogP contribution < -0.4 is 0 Å². The van der Waals surface area contributed by atoms with Crippen LogP contribution in [0.3, 0.4) is 0 Å². The number of rotatable bonds is 14. The zero-order valence-electron chi connectivity index (χ0n) is 20.6. The molecule has 3 atom stereocenters. The van der Waals surface area contributed by atoms with E-state index in [0.29, 0.717) is 37.2 Å². The number of benzene rings is 2. The molecule has 0 aromatic heterocycles. The lowest BCUT2D eigenvalue weighted by atomic mass is 10.0. The molecule has 0 bridgehead atoms. The van der Waals surface area contributed by atoms with Gasteiger partial charge in [-0.05, 0) is 74.3 Å². The van der Waals surface area contributed by atoms with Gasteiger partial charge in [-0.1, -0.05) is 18.6 Å². The Labute approximate surface area is 214 Å². The lowest BCUT2D eigenvalue weighted by molar-refractivity contribution is -0.161. The number of ketones is 1. The van der Waals surface area contributed by atoms with Crippen molar-refractivity contribution in [1.82, 2.24) is 4.90 Å². The zero-order valence-corrected chi connectivity index (χ0v) is 21.4. The summed E-state index contributed by atoms with van der Waals surface area (Å²) in [5, 5.41) is -0.412. The topological polar surface area (TPSA) is 96.0 Å². The Morgan fingerprint density at radius 1 is 1.08 bits per heavy atom. The fourth-order valence-electron chi connectivity index (χ4n) is 3.95. The normalized spacial score (nSPS) is 16.8. The molecule has 0 aliphatic carbocycles. The average Bonchev–Trinajstić information content (AvgIpc) is 2.85. The van der Waals surface area contributed by atoms with Crippen LogP contribution in [0.25, 0.3) is 0 Å². The second kappa shape index (κ2) is 13.5. The third kappa shape index (κ3) is 7.62. The zero-order chi connectivity index (χ0) is 26.1. The third-order valence-corrected chi connectivity index (χ3v) is 7.61. The molecule has 0 N–H and O–H groups in total. The highest BCUT2D eigenvalue weighted by molar-refractivity contribution is 7.91. The molecule has 1 heterocycles. The second-order valence-corrected chi connectivity index (χ2v) is 10.2. The van der Waals surface area contributed by atoms with Gasteiger partial charge in [-0.25, -0.2) is 9.18 Å². The summed E-state index contributed by atoms with van der Waals surface area (Å²) in [6, 6.07) is 12.3. The number of unbranched alkanes of at least 4 members (excludes halogenated alkanes) is 2. The minimum Gasteiger partial charge on any atom is -0.614 e. The first-order valence-electron chi connectivity index (χ1n) is 12.1. The minimum absolute atomic E-state index is 0.0173. The van der Waals surface area contributed by atoms with Crippen molar-refractivity contribution >= 4 is 28.8 Å². The van der Waals surface area contributed by atoms with Gasteiger partial charge in [0.2, 0.25) is 11.3 Å². The number of ether oxygens (including phenoxy) is 2. The van der Waals surface area contributed by atoms with Gasteiger partial charge < -0.3 is 14.0 Å². The van der Waals surface area contributed by atoms with Crippen LogP contribution in [0.2, 0.25) is 0 Å². The molecule has 1 saturated heterocycles. The Bertz CT molecular complexity index is 1030. The molecule has 0 radical (unpaired) electrons. The highest BCUT2D eigenvalue weighted by Gasteiger charge is 2.47. The monoisotopic (exact) mass is 517 g/mol. The molecular formula is C27H32FNO6S. The van der Waals surface area contributed by atoms with Gasteiger partial charge in [0.25, 0.3) is 0 Å². The summed E-state index contributed by atoms with van der Waals surface area (Å²) >= 11 is -1.31. The molecule has 1 amide bonds. The smallest absolute Gasteiger partial charge is 0.338 e. The number of likely N-dealkylation sites (tertiary alicyclic amines) is 1. The van der Waals surface area contributed by atoms with Gasteiger partial charge in [-0.2, -0.15) is 0 Å². The molecule has 36 heavy (non-hydrogen) atoms. The number of Topliss-reactive ketones (excluding diaryl/α,β-unsaturated/α-hetero) is 1. The van der Waals surface area contributed by atoms with Crippen molar-refractivity contribution in [2.24, 2.45) is 0 Å². The standard InChI is InChI=1S/C27H32FNO6S/c1-3-34-27(32)22-10-8-20(9-11-22)18-36(33)26-17-25(31)29(26)19(2)35-16-6-4-5-7-24(30)21-12-14-23(28)15-13-21/h8-15,19,26H,3-7,16-18H2,1-2H3. The summed E-state index contributed by atoms with van der Waals surface area (Å²) in [5.74, 6) is -0.604. The average molecular weight is 518 g/mol. The number of hydrogen-bond donors (Lipinski definition) is 0. The van der Waals surface area contributed by atoms with Crippen LogP contribution in [-0.2, 0) is 31.2 Å². The minimum atomic E-state index is -1.31. The van der Waals surface area contributed by atoms with Crippen LogP contribution in [0.4, 0.5) is 4.39 Å². The molecule has 0 saturated carbocycles.